The number of hydrogen-bond acceptors (Lipinski definition) is 5. The molecule has 0 atom stereocenters. The Hall–Kier alpha value is -1.60. The second-order valence-corrected chi connectivity index (χ2v) is 11.1. The second-order valence-electron chi connectivity index (χ2n) is 7.81. The molecule has 29 heavy (non-hydrogen) atoms. The summed E-state index contributed by atoms with van der Waals surface area (Å²) < 4.78 is 31.6. The predicted octanol–water partition coefficient (Wildman–Crippen LogP) is 2.63. The van der Waals surface area contributed by atoms with E-state index in [1.807, 2.05) is 43.4 Å². The molecule has 1 fully saturated rings. The van der Waals surface area contributed by atoms with Crippen molar-refractivity contribution in [3.05, 3.63) is 21.8 Å². The number of benzene rings is 1. The molecule has 0 unspecified atom stereocenters. The zero-order valence-electron chi connectivity index (χ0n) is 17.2. The van der Waals surface area contributed by atoms with Crippen LogP contribution in [0.4, 0.5) is 15.3 Å². The van der Waals surface area contributed by atoms with E-state index < -0.39 is 15.6 Å². The molecule has 1 N–H and O–H groups in total. The monoisotopic (exact) mass is 538 g/mol. The summed E-state index contributed by atoms with van der Waals surface area (Å²) in [6.45, 7) is 6.98. The highest BCUT2D eigenvalue weighted by Crippen LogP contribution is 2.24. The van der Waals surface area contributed by atoms with Gasteiger partial charge in [0.1, 0.15) is 5.60 Å². The number of carbonyl (C=O) groups excluding carboxylic acids is 2. The molecule has 3 amide bonds. The zero-order valence-corrected chi connectivity index (χ0v) is 20.2. The smallest absolute Gasteiger partial charge is 0.410 e. The van der Waals surface area contributed by atoms with Crippen LogP contribution in [0.2, 0.25) is 0 Å². The first kappa shape index (κ1) is 23.7. The predicted molar refractivity (Wildman–Crippen MR) is 118 cm³/mol. The molecule has 0 radical (unpaired) electrons. The lowest BCUT2D eigenvalue weighted by Crippen LogP contribution is -2.52. The normalized spacial score (nSPS) is 15.4. The van der Waals surface area contributed by atoms with E-state index in [2.05, 4.69) is 5.32 Å². The Morgan fingerprint density at radius 2 is 1.66 bits per heavy atom. The van der Waals surface area contributed by atoms with Crippen molar-refractivity contribution in [1.82, 2.24) is 14.1 Å². The Labute approximate surface area is 185 Å². The van der Waals surface area contributed by atoms with Crippen LogP contribution in [-0.2, 0) is 14.8 Å². The molecule has 1 aromatic carbocycles. The molecule has 11 heteroatoms. The van der Waals surface area contributed by atoms with Gasteiger partial charge in [0.15, 0.2) is 0 Å². The fourth-order valence-corrected chi connectivity index (χ4v) is 4.37. The Morgan fingerprint density at radius 1 is 1.10 bits per heavy atom. The average molecular weight is 538 g/mol. The first-order valence-electron chi connectivity index (χ1n) is 9.07. The molecule has 0 aliphatic carbocycles. The maximum Gasteiger partial charge on any atom is 0.410 e. The summed E-state index contributed by atoms with van der Waals surface area (Å²) in [7, 11) is -0.602. The number of urea groups is 1. The van der Waals surface area contributed by atoms with E-state index in [9.17, 15) is 18.0 Å². The number of carbonyl (C=O) groups is 2. The van der Waals surface area contributed by atoms with Crippen LogP contribution in [0.15, 0.2) is 23.1 Å². The topological polar surface area (TPSA) is 99.3 Å². The van der Waals surface area contributed by atoms with Crippen LogP contribution in [0.25, 0.3) is 0 Å². The molecule has 1 heterocycles. The quantitative estimate of drug-likeness (QED) is 0.597. The van der Waals surface area contributed by atoms with Crippen LogP contribution in [-0.4, -0.2) is 80.5 Å². The third-order valence-electron chi connectivity index (χ3n) is 4.18. The SMILES string of the molecule is CN(C)S(=O)(=O)c1ccc(NC(=O)N2CCN(C(=O)OC(C)(C)C)CC2)c(I)c1. The minimum atomic E-state index is -3.54. The summed E-state index contributed by atoms with van der Waals surface area (Å²) in [5.74, 6) is 0. The Kier molecular flexibility index (Phi) is 7.38. The lowest BCUT2D eigenvalue weighted by Gasteiger charge is -2.35. The molecular formula is C18H27IN4O5S. The number of nitrogens with zero attached hydrogens (tertiary/aromatic N) is 3. The molecule has 9 nitrogen and oxygen atoms in total. The summed E-state index contributed by atoms with van der Waals surface area (Å²) in [6.07, 6.45) is -0.384. The van der Waals surface area contributed by atoms with Crippen LogP contribution < -0.4 is 5.32 Å². The average Bonchev–Trinajstić information content (AvgIpc) is 2.61. The molecule has 0 bridgehead atoms. The third kappa shape index (κ3) is 6.19. The molecule has 0 aromatic heterocycles. The number of halogens is 1. The number of anilines is 1. The van der Waals surface area contributed by atoms with Gasteiger partial charge in [-0.1, -0.05) is 0 Å². The standard InChI is InChI=1S/C18H27IN4O5S/c1-18(2,3)28-17(25)23-10-8-22(9-11-23)16(24)20-15-7-6-13(12-14(15)19)29(26,27)21(4)5/h6-7,12H,8-11H2,1-5H3,(H,20,24). The second kappa shape index (κ2) is 9.04. The summed E-state index contributed by atoms with van der Waals surface area (Å²) in [4.78, 5) is 28.0. The number of rotatable bonds is 3. The van der Waals surface area contributed by atoms with Crippen molar-refractivity contribution in [1.29, 1.82) is 0 Å². The maximum absolute atomic E-state index is 12.6. The van der Waals surface area contributed by atoms with Gasteiger partial charge in [0.2, 0.25) is 10.0 Å². The minimum absolute atomic E-state index is 0.163. The van der Waals surface area contributed by atoms with E-state index in [-0.39, 0.29) is 17.0 Å². The fourth-order valence-electron chi connectivity index (χ4n) is 2.58. The van der Waals surface area contributed by atoms with Gasteiger partial charge in [-0.3, -0.25) is 0 Å². The van der Waals surface area contributed by atoms with Crippen molar-refractivity contribution in [2.24, 2.45) is 0 Å². The first-order valence-corrected chi connectivity index (χ1v) is 11.6. The van der Waals surface area contributed by atoms with E-state index >= 15 is 0 Å². The van der Waals surface area contributed by atoms with Crippen molar-refractivity contribution in [2.45, 2.75) is 31.3 Å². The number of amides is 3. The van der Waals surface area contributed by atoms with Crippen LogP contribution in [0, 0.1) is 3.57 Å². The number of sulfonamides is 1. The number of piperazine rings is 1. The van der Waals surface area contributed by atoms with Gasteiger partial charge in [-0.25, -0.2) is 22.3 Å². The summed E-state index contributed by atoms with van der Waals surface area (Å²) in [5, 5.41) is 2.81. The lowest BCUT2D eigenvalue weighted by atomic mass is 10.2. The molecule has 2 rings (SSSR count). The fraction of sp³-hybridized carbons (Fsp3) is 0.556. The highest BCUT2D eigenvalue weighted by molar-refractivity contribution is 14.1. The molecule has 0 spiro atoms. The van der Waals surface area contributed by atoms with Gasteiger partial charge >= 0.3 is 12.1 Å². The Bertz CT molecular complexity index is 875. The van der Waals surface area contributed by atoms with Gasteiger partial charge in [-0.15, -0.1) is 0 Å². The van der Waals surface area contributed by atoms with Gasteiger partial charge in [-0.05, 0) is 61.6 Å². The summed E-state index contributed by atoms with van der Waals surface area (Å²) >= 11 is 1.99. The third-order valence-corrected chi connectivity index (χ3v) is 6.88. The van der Waals surface area contributed by atoms with E-state index in [0.717, 1.165) is 4.31 Å². The van der Waals surface area contributed by atoms with Crippen LogP contribution >= 0.6 is 22.6 Å². The molecule has 1 aromatic rings. The van der Waals surface area contributed by atoms with Gasteiger partial charge in [0.25, 0.3) is 0 Å². The number of hydrogen-bond donors (Lipinski definition) is 1. The van der Waals surface area contributed by atoms with E-state index in [1.54, 1.807) is 15.9 Å². The van der Waals surface area contributed by atoms with Crippen LogP contribution in [0.1, 0.15) is 20.8 Å². The van der Waals surface area contributed by atoms with E-state index in [1.165, 1.54) is 26.2 Å². The Balaban J connectivity index is 1.97. The summed E-state index contributed by atoms with van der Waals surface area (Å²) in [5.41, 5.74) is -0.0306. The molecular weight excluding hydrogens is 511 g/mol. The molecule has 1 saturated heterocycles. The highest BCUT2D eigenvalue weighted by atomic mass is 127. The van der Waals surface area contributed by atoms with Crippen molar-refractivity contribution in [2.75, 3.05) is 45.6 Å². The van der Waals surface area contributed by atoms with Gasteiger partial charge in [-0.2, -0.15) is 0 Å². The molecule has 162 valence electrons. The van der Waals surface area contributed by atoms with Crippen LogP contribution in [0.3, 0.4) is 0 Å². The van der Waals surface area contributed by atoms with Crippen LogP contribution in [0.5, 0.6) is 0 Å². The van der Waals surface area contributed by atoms with Gasteiger partial charge in [0.05, 0.1) is 10.6 Å². The maximum atomic E-state index is 12.6. The van der Waals surface area contributed by atoms with Crippen molar-refractivity contribution < 1.29 is 22.7 Å². The largest absolute Gasteiger partial charge is 0.444 e. The molecule has 0 saturated carbocycles. The van der Waals surface area contributed by atoms with Gasteiger partial charge < -0.3 is 19.9 Å². The molecule has 1 aliphatic rings. The zero-order chi connectivity index (χ0) is 22.0. The summed E-state index contributed by atoms with van der Waals surface area (Å²) in [6, 6.07) is 4.27. The van der Waals surface area contributed by atoms with Crippen molar-refractivity contribution in [3.63, 3.8) is 0 Å². The van der Waals surface area contributed by atoms with E-state index in [0.29, 0.717) is 35.4 Å². The van der Waals surface area contributed by atoms with Gasteiger partial charge in [0, 0.05) is 43.8 Å². The minimum Gasteiger partial charge on any atom is -0.444 e. The van der Waals surface area contributed by atoms with Crippen molar-refractivity contribution in [3.8, 4) is 0 Å². The van der Waals surface area contributed by atoms with Crippen molar-refractivity contribution >= 4 is 50.4 Å². The number of ether oxygens (including phenoxy) is 1. The number of nitrogens with one attached hydrogen (secondary N) is 1. The highest BCUT2D eigenvalue weighted by Gasteiger charge is 2.28. The molecule has 1 aliphatic heterocycles. The first-order chi connectivity index (χ1) is 13.3. The van der Waals surface area contributed by atoms with E-state index in [4.69, 9.17) is 4.74 Å². The lowest BCUT2D eigenvalue weighted by molar-refractivity contribution is 0.0174. The Morgan fingerprint density at radius 3 is 2.14 bits per heavy atom.